The van der Waals surface area contributed by atoms with Gasteiger partial charge in [0.2, 0.25) is 0 Å². The van der Waals surface area contributed by atoms with Crippen molar-refractivity contribution in [3.05, 3.63) is 65.2 Å². The van der Waals surface area contributed by atoms with E-state index < -0.39 is 17.7 Å². The van der Waals surface area contributed by atoms with E-state index in [-0.39, 0.29) is 0 Å². The highest BCUT2D eigenvalue weighted by atomic mass is 19.2. The van der Waals surface area contributed by atoms with Crippen LogP contribution in [0.15, 0.2) is 42.5 Å². The molecule has 0 radical (unpaired) electrons. The van der Waals surface area contributed by atoms with E-state index in [9.17, 15) is 13.9 Å². The van der Waals surface area contributed by atoms with Crippen molar-refractivity contribution < 1.29 is 18.6 Å². The van der Waals surface area contributed by atoms with Crippen LogP contribution < -0.4 is 4.74 Å². The number of aliphatic hydroxyl groups is 1. The fourth-order valence-electron chi connectivity index (χ4n) is 1.88. The normalized spacial score (nSPS) is 12.2. The van der Waals surface area contributed by atoms with Crippen LogP contribution in [0.5, 0.6) is 5.75 Å². The highest BCUT2D eigenvalue weighted by Crippen LogP contribution is 2.20. The van der Waals surface area contributed by atoms with E-state index in [0.29, 0.717) is 18.6 Å². The van der Waals surface area contributed by atoms with E-state index in [4.69, 9.17) is 4.74 Å². The Morgan fingerprint density at radius 1 is 1.10 bits per heavy atom. The third-order valence-electron chi connectivity index (χ3n) is 2.98. The van der Waals surface area contributed by atoms with Gasteiger partial charge >= 0.3 is 0 Å². The summed E-state index contributed by atoms with van der Waals surface area (Å²) in [6.07, 6.45) is -0.575. The summed E-state index contributed by atoms with van der Waals surface area (Å²) in [5.41, 5.74) is 1.43. The smallest absolute Gasteiger partial charge is 0.159 e. The highest BCUT2D eigenvalue weighted by molar-refractivity contribution is 5.27. The summed E-state index contributed by atoms with van der Waals surface area (Å²) in [7, 11) is 0. The SMILES string of the molecule is Cc1cccc(OCCC(O)c2ccc(F)c(F)c2)c1. The number of aryl methyl sites for hydroxylation is 1. The third-order valence-corrected chi connectivity index (χ3v) is 2.98. The molecule has 0 aliphatic rings. The Morgan fingerprint density at radius 3 is 2.60 bits per heavy atom. The first-order chi connectivity index (χ1) is 9.56. The van der Waals surface area contributed by atoms with Crippen molar-refractivity contribution in [3.8, 4) is 5.75 Å². The molecule has 20 heavy (non-hydrogen) atoms. The van der Waals surface area contributed by atoms with Crippen LogP contribution in [0.1, 0.15) is 23.7 Å². The summed E-state index contributed by atoms with van der Waals surface area (Å²) < 4.78 is 31.4. The molecule has 0 aromatic heterocycles. The first kappa shape index (κ1) is 14.5. The zero-order chi connectivity index (χ0) is 14.5. The van der Waals surface area contributed by atoms with Crippen LogP contribution in [0.2, 0.25) is 0 Å². The predicted molar refractivity (Wildman–Crippen MR) is 72.6 cm³/mol. The predicted octanol–water partition coefficient (Wildman–Crippen LogP) is 3.78. The van der Waals surface area contributed by atoms with Crippen LogP contribution in [0.25, 0.3) is 0 Å². The van der Waals surface area contributed by atoms with Crippen LogP contribution in [-0.2, 0) is 0 Å². The number of hydrogen-bond donors (Lipinski definition) is 1. The minimum Gasteiger partial charge on any atom is -0.493 e. The van der Waals surface area contributed by atoms with Gasteiger partial charge in [0.05, 0.1) is 12.7 Å². The molecule has 0 heterocycles. The summed E-state index contributed by atoms with van der Waals surface area (Å²) in [4.78, 5) is 0. The van der Waals surface area contributed by atoms with Gasteiger partial charge in [-0.05, 0) is 42.3 Å². The number of aliphatic hydroxyl groups excluding tert-OH is 1. The van der Waals surface area contributed by atoms with Crippen molar-refractivity contribution in [2.75, 3.05) is 6.61 Å². The summed E-state index contributed by atoms with van der Waals surface area (Å²) in [6, 6.07) is 11.0. The number of ether oxygens (including phenoxy) is 1. The standard InChI is InChI=1S/C16H16F2O2/c1-11-3-2-4-13(9-11)20-8-7-16(19)12-5-6-14(17)15(18)10-12/h2-6,9-10,16,19H,7-8H2,1H3. The van der Waals surface area contributed by atoms with E-state index in [1.54, 1.807) is 0 Å². The van der Waals surface area contributed by atoms with E-state index in [2.05, 4.69) is 0 Å². The van der Waals surface area contributed by atoms with Gasteiger partial charge in [-0.1, -0.05) is 18.2 Å². The Hall–Kier alpha value is -1.94. The average Bonchev–Trinajstić information content (AvgIpc) is 2.42. The molecule has 2 rings (SSSR count). The highest BCUT2D eigenvalue weighted by Gasteiger charge is 2.11. The monoisotopic (exact) mass is 278 g/mol. The molecule has 0 spiro atoms. The van der Waals surface area contributed by atoms with Crippen molar-refractivity contribution >= 4 is 0 Å². The second-order valence-electron chi connectivity index (χ2n) is 4.64. The zero-order valence-electron chi connectivity index (χ0n) is 11.1. The molecule has 0 fully saturated rings. The topological polar surface area (TPSA) is 29.5 Å². The fourth-order valence-corrected chi connectivity index (χ4v) is 1.88. The lowest BCUT2D eigenvalue weighted by Crippen LogP contribution is -2.06. The van der Waals surface area contributed by atoms with Gasteiger partial charge in [-0.3, -0.25) is 0 Å². The van der Waals surface area contributed by atoms with Crippen LogP contribution in [0.3, 0.4) is 0 Å². The summed E-state index contributed by atoms with van der Waals surface area (Å²) in [5.74, 6) is -1.15. The Morgan fingerprint density at radius 2 is 1.90 bits per heavy atom. The van der Waals surface area contributed by atoms with E-state index in [1.165, 1.54) is 6.07 Å². The Balaban J connectivity index is 1.88. The van der Waals surface area contributed by atoms with Gasteiger partial charge < -0.3 is 9.84 Å². The van der Waals surface area contributed by atoms with E-state index in [1.807, 2.05) is 31.2 Å². The molecule has 1 N–H and O–H groups in total. The van der Waals surface area contributed by atoms with Crippen LogP contribution >= 0.6 is 0 Å². The minimum absolute atomic E-state index is 0.295. The molecule has 2 aromatic carbocycles. The van der Waals surface area contributed by atoms with Gasteiger partial charge in [-0.15, -0.1) is 0 Å². The molecule has 0 bridgehead atoms. The molecule has 2 nitrogen and oxygen atoms in total. The molecule has 0 aliphatic heterocycles. The van der Waals surface area contributed by atoms with Gasteiger partial charge in [0, 0.05) is 6.42 Å². The molecule has 0 saturated carbocycles. The Kier molecular flexibility index (Phi) is 4.69. The molecular formula is C16H16F2O2. The maximum atomic E-state index is 13.1. The number of benzene rings is 2. The Labute approximate surface area is 116 Å². The van der Waals surface area contributed by atoms with Crippen molar-refractivity contribution in [2.45, 2.75) is 19.4 Å². The second-order valence-corrected chi connectivity index (χ2v) is 4.64. The van der Waals surface area contributed by atoms with Crippen LogP contribution in [-0.4, -0.2) is 11.7 Å². The third kappa shape index (κ3) is 3.78. The van der Waals surface area contributed by atoms with Crippen molar-refractivity contribution in [2.24, 2.45) is 0 Å². The first-order valence-corrected chi connectivity index (χ1v) is 6.39. The van der Waals surface area contributed by atoms with Crippen LogP contribution in [0, 0.1) is 18.6 Å². The first-order valence-electron chi connectivity index (χ1n) is 6.39. The van der Waals surface area contributed by atoms with Crippen molar-refractivity contribution in [3.63, 3.8) is 0 Å². The molecule has 1 unspecified atom stereocenters. The van der Waals surface area contributed by atoms with Crippen molar-refractivity contribution in [1.29, 1.82) is 0 Å². The summed E-state index contributed by atoms with van der Waals surface area (Å²) >= 11 is 0. The van der Waals surface area contributed by atoms with Gasteiger partial charge in [0.25, 0.3) is 0 Å². The lowest BCUT2D eigenvalue weighted by molar-refractivity contribution is 0.140. The molecular weight excluding hydrogens is 262 g/mol. The molecule has 106 valence electrons. The average molecular weight is 278 g/mol. The molecule has 0 saturated heterocycles. The Bertz CT molecular complexity index is 584. The summed E-state index contributed by atoms with van der Waals surface area (Å²) in [5, 5.41) is 9.90. The lowest BCUT2D eigenvalue weighted by atomic mass is 10.1. The van der Waals surface area contributed by atoms with E-state index in [0.717, 1.165) is 23.4 Å². The zero-order valence-corrected chi connectivity index (χ0v) is 11.1. The minimum atomic E-state index is -0.957. The quantitative estimate of drug-likeness (QED) is 0.902. The second kappa shape index (κ2) is 6.48. The fraction of sp³-hybridized carbons (Fsp3) is 0.250. The van der Waals surface area contributed by atoms with Gasteiger partial charge in [-0.25, -0.2) is 8.78 Å². The molecule has 0 amide bonds. The summed E-state index contributed by atoms with van der Waals surface area (Å²) in [6.45, 7) is 2.26. The van der Waals surface area contributed by atoms with Crippen LogP contribution in [0.4, 0.5) is 8.78 Å². The van der Waals surface area contributed by atoms with Crippen molar-refractivity contribution in [1.82, 2.24) is 0 Å². The van der Waals surface area contributed by atoms with Gasteiger partial charge in [0.15, 0.2) is 11.6 Å². The number of halogens is 2. The molecule has 2 aromatic rings. The largest absolute Gasteiger partial charge is 0.493 e. The lowest BCUT2D eigenvalue weighted by Gasteiger charge is -2.12. The molecule has 4 heteroatoms. The van der Waals surface area contributed by atoms with Gasteiger partial charge in [-0.2, -0.15) is 0 Å². The number of hydrogen-bond acceptors (Lipinski definition) is 2. The molecule has 0 aliphatic carbocycles. The maximum Gasteiger partial charge on any atom is 0.159 e. The maximum absolute atomic E-state index is 13.1. The number of rotatable bonds is 5. The molecule has 1 atom stereocenters. The van der Waals surface area contributed by atoms with Gasteiger partial charge in [0.1, 0.15) is 5.75 Å². The van der Waals surface area contributed by atoms with E-state index >= 15 is 0 Å².